The van der Waals surface area contributed by atoms with Gasteiger partial charge in [0, 0.05) is 18.0 Å². The van der Waals surface area contributed by atoms with E-state index in [9.17, 15) is 52.4 Å². The van der Waals surface area contributed by atoms with Crippen molar-refractivity contribution >= 4 is 25.6 Å². The summed E-state index contributed by atoms with van der Waals surface area (Å²) in [5.74, 6) is -1.54. The van der Waals surface area contributed by atoms with Crippen molar-refractivity contribution in [2.45, 2.75) is 65.8 Å². The number of benzene rings is 2. The van der Waals surface area contributed by atoms with E-state index in [1.54, 1.807) is 6.07 Å². The van der Waals surface area contributed by atoms with Crippen molar-refractivity contribution in [2.24, 2.45) is 5.92 Å². The molecule has 3 aliphatic rings. The van der Waals surface area contributed by atoms with Gasteiger partial charge in [-0.3, -0.25) is 4.79 Å². The molecule has 0 saturated carbocycles. The summed E-state index contributed by atoms with van der Waals surface area (Å²) < 4.78 is 147. The minimum Gasteiger partial charge on any atom is -0.337 e. The summed E-state index contributed by atoms with van der Waals surface area (Å²) >= 11 is 0. The second-order valence-electron chi connectivity index (χ2n) is 11.0. The van der Waals surface area contributed by atoms with Gasteiger partial charge in [0.25, 0.3) is 0 Å². The predicted octanol–water partition coefficient (Wildman–Crippen LogP) is 5.02. The SMILES string of the molecule is O=C(C1CCS(=O)(=O)CC1)N1CC[C@@]2(S(=O)(=O)c3ccccc3)c3ccc(C(F)(C(F)(F)F)C(F)(F)F)cc3CC[C@@H]12. The van der Waals surface area contributed by atoms with Gasteiger partial charge in [-0.1, -0.05) is 36.4 Å². The van der Waals surface area contributed by atoms with Gasteiger partial charge in [-0.25, -0.2) is 21.2 Å². The van der Waals surface area contributed by atoms with Gasteiger partial charge in [0.15, 0.2) is 9.84 Å². The molecule has 0 bridgehead atoms. The molecule has 0 N–H and O–H groups in total. The smallest absolute Gasteiger partial charge is 0.337 e. The highest BCUT2D eigenvalue weighted by atomic mass is 32.2. The third-order valence-electron chi connectivity index (χ3n) is 8.79. The van der Waals surface area contributed by atoms with E-state index in [0.29, 0.717) is 12.1 Å². The summed E-state index contributed by atoms with van der Waals surface area (Å²) in [6.45, 7) is -0.0852. The fourth-order valence-corrected chi connectivity index (χ4v) is 10.6. The van der Waals surface area contributed by atoms with Crippen LogP contribution in [0.15, 0.2) is 53.4 Å². The van der Waals surface area contributed by atoms with Crippen molar-refractivity contribution in [3.8, 4) is 0 Å². The van der Waals surface area contributed by atoms with Crippen molar-refractivity contribution in [3.63, 3.8) is 0 Å². The average molecular weight is 642 g/mol. The number of rotatable bonds is 4. The number of carbonyl (C=O) groups excluding carboxylic acids is 1. The third kappa shape index (κ3) is 4.52. The number of alkyl halides is 7. The van der Waals surface area contributed by atoms with E-state index < -0.39 is 65.9 Å². The van der Waals surface area contributed by atoms with Crippen LogP contribution in [0.25, 0.3) is 0 Å². The molecule has 2 heterocycles. The second kappa shape index (κ2) is 9.93. The van der Waals surface area contributed by atoms with Gasteiger partial charge in [0.2, 0.25) is 5.91 Å². The van der Waals surface area contributed by atoms with Crippen LogP contribution in [0.2, 0.25) is 0 Å². The number of likely N-dealkylation sites (tertiary alicyclic amines) is 1. The molecule has 0 unspecified atom stereocenters. The first-order chi connectivity index (χ1) is 19.4. The molecule has 5 rings (SSSR count). The van der Waals surface area contributed by atoms with Crippen LogP contribution in [-0.2, 0) is 41.3 Å². The third-order valence-corrected chi connectivity index (χ3v) is 13.0. The van der Waals surface area contributed by atoms with Crippen LogP contribution in [0, 0.1) is 5.92 Å². The van der Waals surface area contributed by atoms with Crippen LogP contribution >= 0.6 is 0 Å². The van der Waals surface area contributed by atoms with Gasteiger partial charge in [-0.2, -0.15) is 26.3 Å². The lowest BCUT2D eigenvalue weighted by Gasteiger charge is -2.43. The van der Waals surface area contributed by atoms with Crippen LogP contribution in [0.3, 0.4) is 0 Å². The highest BCUT2D eigenvalue weighted by molar-refractivity contribution is 7.92. The Morgan fingerprint density at radius 3 is 2.05 bits per heavy atom. The van der Waals surface area contributed by atoms with Crippen LogP contribution in [0.5, 0.6) is 0 Å². The van der Waals surface area contributed by atoms with E-state index in [0.717, 1.165) is 6.07 Å². The minimum atomic E-state index is -6.34. The van der Waals surface area contributed by atoms with Gasteiger partial charge in [-0.05, 0) is 55.4 Å². The normalized spacial score (nSPS) is 25.1. The highest BCUT2D eigenvalue weighted by Crippen LogP contribution is 2.57. The molecule has 1 aliphatic carbocycles. The van der Waals surface area contributed by atoms with E-state index >= 15 is 0 Å². The lowest BCUT2D eigenvalue weighted by molar-refractivity contribution is -0.348. The number of fused-ring (bicyclic) bond motifs is 3. The number of nitrogens with zero attached hydrogens (tertiary/aromatic N) is 1. The first kappa shape index (κ1) is 30.8. The largest absolute Gasteiger partial charge is 0.435 e. The van der Waals surface area contributed by atoms with Crippen LogP contribution in [0.1, 0.15) is 42.4 Å². The number of aryl methyl sites for hydroxylation is 1. The Hall–Kier alpha value is -2.68. The predicted molar refractivity (Wildman–Crippen MR) is 136 cm³/mol. The molecule has 15 heteroatoms. The molecule has 2 atom stereocenters. The van der Waals surface area contributed by atoms with Crippen LogP contribution in [-0.4, -0.2) is 64.1 Å². The number of carbonyl (C=O) groups is 1. The monoisotopic (exact) mass is 641 g/mol. The van der Waals surface area contributed by atoms with Crippen LogP contribution in [0.4, 0.5) is 30.7 Å². The summed E-state index contributed by atoms with van der Waals surface area (Å²) in [6, 6.07) is 7.61. The number of amides is 1. The molecule has 2 fully saturated rings. The van der Waals surface area contributed by atoms with Crippen LogP contribution < -0.4 is 0 Å². The molecule has 42 heavy (non-hydrogen) atoms. The van der Waals surface area contributed by atoms with Crippen molar-refractivity contribution < 1.29 is 52.4 Å². The number of hydrogen-bond acceptors (Lipinski definition) is 5. The summed E-state index contributed by atoms with van der Waals surface area (Å²) in [7, 11) is -7.72. The topological polar surface area (TPSA) is 88.6 Å². The highest BCUT2D eigenvalue weighted by Gasteiger charge is 2.74. The molecule has 230 valence electrons. The van der Waals surface area contributed by atoms with Gasteiger partial charge >= 0.3 is 18.0 Å². The molecule has 0 aromatic heterocycles. The van der Waals surface area contributed by atoms with E-state index in [1.807, 2.05) is 0 Å². The molecule has 2 saturated heterocycles. The quantitative estimate of drug-likeness (QED) is 0.438. The van der Waals surface area contributed by atoms with Crippen molar-refractivity contribution in [1.82, 2.24) is 4.90 Å². The Kier molecular flexibility index (Phi) is 7.27. The van der Waals surface area contributed by atoms with Gasteiger partial charge in [-0.15, -0.1) is 0 Å². The summed E-state index contributed by atoms with van der Waals surface area (Å²) in [5, 5.41) is 0. The Morgan fingerprint density at radius 2 is 1.48 bits per heavy atom. The molecular weight excluding hydrogens is 615 g/mol. The summed E-state index contributed by atoms with van der Waals surface area (Å²) in [4.78, 5) is 14.8. The molecule has 0 radical (unpaired) electrons. The minimum absolute atomic E-state index is 0.0518. The van der Waals surface area contributed by atoms with E-state index in [-0.39, 0.29) is 66.2 Å². The van der Waals surface area contributed by atoms with Gasteiger partial charge in [0.05, 0.1) is 22.4 Å². The molecule has 1 amide bonds. The zero-order valence-corrected chi connectivity index (χ0v) is 23.5. The molecule has 6 nitrogen and oxygen atoms in total. The Morgan fingerprint density at radius 1 is 0.881 bits per heavy atom. The van der Waals surface area contributed by atoms with Crippen molar-refractivity contribution in [3.05, 3.63) is 65.2 Å². The number of sulfone groups is 2. The first-order valence-electron chi connectivity index (χ1n) is 13.1. The average Bonchev–Trinajstić information content (AvgIpc) is 3.33. The van der Waals surface area contributed by atoms with E-state index in [1.165, 1.54) is 29.2 Å². The Balaban J connectivity index is 1.64. The van der Waals surface area contributed by atoms with Gasteiger partial charge in [0.1, 0.15) is 14.6 Å². The van der Waals surface area contributed by atoms with Crippen molar-refractivity contribution in [1.29, 1.82) is 0 Å². The standard InChI is InChI=1S/C27H26F7NO5S2/c28-25(26(29,30)31,27(32,33)34)19-7-8-21-18(16-19)6-9-22-24(21,42(39,40)20-4-2-1-3-5-20)12-13-35(22)23(36)17-10-14-41(37,38)15-11-17/h1-5,7-8,16-17,22H,6,9-15H2/t22-,24-/m1/s1. The maximum Gasteiger partial charge on any atom is 0.435 e. The number of halogens is 7. The lowest BCUT2D eigenvalue weighted by Crippen LogP contribution is -2.54. The molecule has 0 spiro atoms. The Bertz CT molecular complexity index is 1580. The number of hydrogen-bond donors (Lipinski definition) is 0. The molecule has 2 aromatic rings. The molecular formula is C27H26F7NO5S2. The molecule has 2 aromatic carbocycles. The fourth-order valence-electron chi connectivity index (χ4n) is 6.68. The second-order valence-corrected chi connectivity index (χ2v) is 15.5. The first-order valence-corrected chi connectivity index (χ1v) is 16.4. The zero-order valence-electron chi connectivity index (χ0n) is 21.9. The maximum absolute atomic E-state index is 14.9. The van der Waals surface area contributed by atoms with E-state index in [4.69, 9.17) is 0 Å². The molecule has 2 aliphatic heterocycles. The van der Waals surface area contributed by atoms with Gasteiger partial charge < -0.3 is 4.90 Å². The van der Waals surface area contributed by atoms with Crippen molar-refractivity contribution in [2.75, 3.05) is 18.1 Å². The fraction of sp³-hybridized carbons (Fsp3) is 0.519. The summed E-state index contributed by atoms with van der Waals surface area (Å²) in [5.41, 5.74) is -7.66. The Labute approximate surface area is 237 Å². The lowest BCUT2D eigenvalue weighted by atomic mass is 9.76. The summed E-state index contributed by atoms with van der Waals surface area (Å²) in [6.07, 6.45) is -13.1. The zero-order chi connectivity index (χ0) is 30.9. The maximum atomic E-state index is 14.9. The van der Waals surface area contributed by atoms with E-state index in [2.05, 4.69) is 0 Å².